The van der Waals surface area contributed by atoms with Gasteiger partial charge in [0.05, 0.1) is 13.0 Å². The fraction of sp³-hybridized carbons (Fsp3) is 0.923. The van der Waals surface area contributed by atoms with Crippen molar-refractivity contribution in [2.24, 2.45) is 5.92 Å². The summed E-state index contributed by atoms with van der Waals surface area (Å²) in [4.78, 5) is 36.5. The number of ether oxygens (including phenoxy) is 2. The third-order valence-corrected chi connectivity index (χ3v) is 9.05. The van der Waals surface area contributed by atoms with Crippen molar-refractivity contribution in [3.05, 3.63) is 0 Å². The Balaban J connectivity index is 4.02. The molecule has 272 valence electrons. The van der Waals surface area contributed by atoms with E-state index in [2.05, 4.69) is 20.8 Å². The number of hydrogen-bond donors (Lipinski definition) is 2. The normalized spacial score (nSPS) is 13.4. The van der Waals surface area contributed by atoms with Crippen molar-refractivity contribution in [2.75, 3.05) is 6.61 Å². The molecule has 0 spiro atoms. The van der Waals surface area contributed by atoms with Crippen LogP contribution in [0.4, 0.5) is 0 Å². The molecule has 46 heavy (non-hydrogen) atoms. The monoisotopic (exact) mass is 655 g/mol. The van der Waals surface area contributed by atoms with Gasteiger partial charge in [-0.3, -0.25) is 4.79 Å². The number of unbranched alkanes of at least 4 members (excludes halogenated alkanes) is 23. The topological polar surface area (TPSA) is 110 Å². The molecular weight excluding hydrogens is 580 g/mol. The molecule has 7 nitrogen and oxygen atoms in total. The predicted octanol–water partition coefficient (Wildman–Crippen LogP) is 10.9. The molecule has 0 saturated heterocycles. The van der Waals surface area contributed by atoms with Crippen molar-refractivity contribution >= 4 is 17.9 Å². The molecule has 2 atom stereocenters. The summed E-state index contributed by atoms with van der Waals surface area (Å²) in [6, 6.07) is 0. The lowest BCUT2D eigenvalue weighted by molar-refractivity contribution is -0.183. The fourth-order valence-electron chi connectivity index (χ4n) is 5.98. The van der Waals surface area contributed by atoms with Crippen molar-refractivity contribution in [2.45, 2.75) is 219 Å². The van der Waals surface area contributed by atoms with Gasteiger partial charge in [-0.2, -0.15) is 0 Å². The van der Waals surface area contributed by atoms with Crippen LogP contribution in [0.5, 0.6) is 0 Å². The predicted molar refractivity (Wildman–Crippen MR) is 189 cm³/mol. The van der Waals surface area contributed by atoms with Gasteiger partial charge < -0.3 is 19.7 Å². The summed E-state index contributed by atoms with van der Waals surface area (Å²) >= 11 is 0. The van der Waals surface area contributed by atoms with Gasteiger partial charge in [-0.15, -0.1) is 0 Å². The van der Waals surface area contributed by atoms with Crippen molar-refractivity contribution in [1.82, 2.24) is 0 Å². The third kappa shape index (κ3) is 27.5. The minimum absolute atomic E-state index is 0.00404. The highest BCUT2D eigenvalue weighted by Gasteiger charge is 2.41. The van der Waals surface area contributed by atoms with E-state index in [1.54, 1.807) is 0 Å². The van der Waals surface area contributed by atoms with E-state index in [1.165, 1.54) is 129 Å². The molecule has 0 aliphatic rings. The summed E-state index contributed by atoms with van der Waals surface area (Å²) in [5, 5.41) is 20.2. The number of aliphatic carboxylic acids is 1. The zero-order valence-electron chi connectivity index (χ0n) is 30.6. The third-order valence-electron chi connectivity index (χ3n) is 9.05. The van der Waals surface area contributed by atoms with Crippen molar-refractivity contribution < 1.29 is 34.1 Å². The highest BCUT2D eigenvalue weighted by Crippen LogP contribution is 2.23. The highest BCUT2D eigenvalue weighted by molar-refractivity contribution is 5.87. The second kappa shape index (κ2) is 30.7. The van der Waals surface area contributed by atoms with Gasteiger partial charge in [0.25, 0.3) is 0 Å². The van der Waals surface area contributed by atoms with Gasteiger partial charge in [0.1, 0.15) is 0 Å². The molecule has 0 radical (unpaired) electrons. The molecule has 0 aliphatic heterocycles. The number of carbonyl (C=O) groups excluding carboxylic acids is 2. The number of carbonyl (C=O) groups is 3. The smallest absolute Gasteiger partial charge is 0.347 e. The Bertz CT molecular complexity index is 738. The van der Waals surface area contributed by atoms with E-state index < -0.39 is 36.0 Å². The zero-order chi connectivity index (χ0) is 34.3. The summed E-state index contributed by atoms with van der Waals surface area (Å²) in [5.41, 5.74) is -2.15. The Morgan fingerprint density at radius 3 is 1.39 bits per heavy atom. The van der Waals surface area contributed by atoms with Gasteiger partial charge in [0.2, 0.25) is 0 Å². The number of rotatable bonds is 34. The molecule has 0 aromatic rings. The van der Waals surface area contributed by atoms with Crippen LogP contribution in [0.3, 0.4) is 0 Å². The molecular formula is C39H74O7. The minimum atomic E-state index is -2.15. The van der Waals surface area contributed by atoms with E-state index in [4.69, 9.17) is 9.47 Å². The second-order valence-electron chi connectivity index (χ2n) is 14.2. The maximum absolute atomic E-state index is 12.8. The average Bonchev–Trinajstić information content (AvgIpc) is 3.00. The fourth-order valence-corrected chi connectivity index (χ4v) is 5.98. The van der Waals surface area contributed by atoms with E-state index in [1.807, 2.05) is 0 Å². The lowest BCUT2D eigenvalue weighted by Gasteiger charge is -2.26. The molecule has 2 unspecified atom stereocenters. The Kier molecular flexibility index (Phi) is 29.6. The SMILES string of the molecule is CCCCCCCCCCCCCCOC(=O)C(C)OC(=O)C(O)(CCCCCCCCCCCCCCCC(C)C)CC(=O)O. The van der Waals surface area contributed by atoms with Crippen LogP contribution >= 0.6 is 0 Å². The molecule has 0 saturated carbocycles. The summed E-state index contributed by atoms with van der Waals surface area (Å²) in [7, 11) is 0. The van der Waals surface area contributed by atoms with Crippen molar-refractivity contribution in [3.63, 3.8) is 0 Å². The molecule has 7 heteroatoms. The lowest BCUT2D eigenvalue weighted by Crippen LogP contribution is -2.44. The lowest BCUT2D eigenvalue weighted by atomic mass is 9.92. The largest absolute Gasteiger partial charge is 0.481 e. The number of hydrogen-bond acceptors (Lipinski definition) is 6. The Labute approximate surface area is 283 Å². The van der Waals surface area contributed by atoms with Crippen LogP contribution in [0.1, 0.15) is 207 Å². The Morgan fingerprint density at radius 2 is 0.978 bits per heavy atom. The minimum Gasteiger partial charge on any atom is -0.481 e. The van der Waals surface area contributed by atoms with Gasteiger partial charge in [-0.1, -0.05) is 175 Å². The van der Waals surface area contributed by atoms with Crippen molar-refractivity contribution in [3.8, 4) is 0 Å². The molecule has 0 aromatic carbocycles. The van der Waals surface area contributed by atoms with Gasteiger partial charge in [0, 0.05) is 0 Å². The number of carboxylic acids is 1. The molecule has 0 rings (SSSR count). The quantitative estimate of drug-likeness (QED) is 0.0524. The van der Waals surface area contributed by atoms with E-state index in [0.29, 0.717) is 6.42 Å². The van der Waals surface area contributed by atoms with Gasteiger partial charge >= 0.3 is 17.9 Å². The van der Waals surface area contributed by atoms with Crippen LogP contribution < -0.4 is 0 Å². The van der Waals surface area contributed by atoms with Gasteiger partial charge in [-0.05, 0) is 32.1 Å². The van der Waals surface area contributed by atoms with Crippen molar-refractivity contribution in [1.29, 1.82) is 0 Å². The second-order valence-corrected chi connectivity index (χ2v) is 14.2. The van der Waals surface area contributed by atoms with Gasteiger partial charge in [0.15, 0.2) is 11.7 Å². The molecule has 0 fully saturated rings. The number of aliphatic hydroxyl groups is 1. The molecule has 0 aromatic heterocycles. The van der Waals surface area contributed by atoms with E-state index in [9.17, 15) is 24.6 Å². The standard InChI is InChI=1S/C39H74O7/c1-5-6-7-8-9-10-11-17-20-23-26-29-32-45-37(42)35(4)46-38(43)39(44,33-36(40)41)31-28-25-22-19-16-14-12-13-15-18-21-24-27-30-34(2)3/h34-35,44H,5-33H2,1-4H3,(H,40,41). The van der Waals surface area contributed by atoms with Crippen LogP contribution in [0.25, 0.3) is 0 Å². The number of esters is 2. The summed E-state index contributed by atoms with van der Waals surface area (Å²) in [6.45, 7) is 8.48. The molecule has 0 amide bonds. The number of carboxylic acid groups (broad SMARTS) is 1. The first kappa shape index (κ1) is 44.4. The maximum Gasteiger partial charge on any atom is 0.347 e. The van der Waals surface area contributed by atoms with E-state index in [-0.39, 0.29) is 13.0 Å². The summed E-state index contributed by atoms with van der Waals surface area (Å²) < 4.78 is 10.5. The van der Waals surface area contributed by atoms with E-state index >= 15 is 0 Å². The molecule has 0 bridgehead atoms. The zero-order valence-corrected chi connectivity index (χ0v) is 30.6. The Morgan fingerprint density at radius 1 is 0.587 bits per heavy atom. The van der Waals surface area contributed by atoms with Gasteiger partial charge in [-0.25, -0.2) is 9.59 Å². The Hall–Kier alpha value is -1.63. The first-order valence-corrected chi connectivity index (χ1v) is 19.4. The summed E-state index contributed by atoms with van der Waals surface area (Å²) in [6.07, 6.45) is 29.1. The van der Waals surface area contributed by atoms with Crippen LogP contribution in [-0.2, 0) is 23.9 Å². The van der Waals surface area contributed by atoms with Crippen LogP contribution in [-0.4, -0.2) is 46.4 Å². The van der Waals surface area contributed by atoms with Crippen LogP contribution in [0, 0.1) is 5.92 Å². The first-order valence-electron chi connectivity index (χ1n) is 19.4. The average molecular weight is 655 g/mol. The van der Waals surface area contributed by atoms with Crippen LogP contribution in [0.15, 0.2) is 0 Å². The van der Waals surface area contributed by atoms with Crippen LogP contribution in [0.2, 0.25) is 0 Å². The van der Waals surface area contributed by atoms with E-state index in [0.717, 1.165) is 44.4 Å². The maximum atomic E-state index is 12.8. The molecule has 2 N–H and O–H groups in total. The first-order chi connectivity index (χ1) is 22.1. The highest BCUT2D eigenvalue weighted by atomic mass is 16.6. The molecule has 0 heterocycles. The summed E-state index contributed by atoms with van der Waals surface area (Å²) in [5.74, 6) is -2.20. The molecule has 0 aliphatic carbocycles.